The summed E-state index contributed by atoms with van der Waals surface area (Å²) in [7, 11) is 0. The summed E-state index contributed by atoms with van der Waals surface area (Å²) in [6.45, 7) is 9.22. The van der Waals surface area contributed by atoms with Crippen LogP contribution in [0.1, 0.15) is 53.9 Å². The Morgan fingerprint density at radius 2 is 1.89 bits per heavy atom. The Hall–Kier alpha value is -1.06. The highest BCUT2D eigenvalue weighted by Gasteiger charge is 2.32. The summed E-state index contributed by atoms with van der Waals surface area (Å²) in [5, 5.41) is 2.76. The summed E-state index contributed by atoms with van der Waals surface area (Å²) in [5.74, 6) is 0.0746. The molecule has 0 radical (unpaired) electrons. The Morgan fingerprint density at radius 3 is 2.33 bits per heavy atom. The molecular weight excluding hydrogens is 230 g/mol. The topological polar surface area (TPSA) is 55.4 Å². The zero-order chi connectivity index (χ0) is 13.9. The van der Waals surface area contributed by atoms with Gasteiger partial charge in [-0.05, 0) is 46.5 Å². The van der Waals surface area contributed by atoms with Crippen LogP contribution in [0, 0.1) is 11.8 Å². The molecule has 104 valence electrons. The molecule has 0 aromatic carbocycles. The van der Waals surface area contributed by atoms with E-state index in [-0.39, 0.29) is 17.8 Å². The van der Waals surface area contributed by atoms with Gasteiger partial charge in [0, 0.05) is 5.92 Å². The molecule has 0 spiro atoms. The van der Waals surface area contributed by atoms with Gasteiger partial charge in [0.05, 0.1) is 0 Å². The van der Waals surface area contributed by atoms with Crippen molar-refractivity contribution >= 4 is 11.9 Å². The number of hydrogen-bond donors (Lipinski definition) is 1. The molecule has 0 heterocycles. The molecule has 4 nitrogen and oxygen atoms in total. The zero-order valence-electron chi connectivity index (χ0n) is 12.1. The van der Waals surface area contributed by atoms with Crippen molar-refractivity contribution in [2.45, 2.75) is 65.5 Å². The second kappa shape index (κ2) is 5.72. The molecule has 0 aliphatic heterocycles. The lowest BCUT2D eigenvalue weighted by Crippen LogP contribution is -2.44. The van der Waals surface area contributed by atoms with Crippen molar-refractivity contribution in [1.82, 2.24) is 5.32 Å². The smallest absolute Gasteiger partial charge is 0.328 e. The lowest BCUT2D eigenvalue weighted by molar-refractivity contribution is -0.158. The number of ether oxygens (including phenoxy) is 1. The third-order valence-electron chi connectivity index (χ3n) is 3.32. The minimum Gasteiger partial charge on any atom is -0.458 e. The molecule has 1 amide bonds. The molecule has 0 aromatic rings. The Morgan fingerprint density at radius 1 is 1.28 bits per heavy atom. The van der Waals surface area contributed by atoms with E-state index in [1.165, 1.54) is 0 Å². The predicted octanol–water partition coefficient (Wildman–Crippen LogP) is 2.27. The summed E-state index contributed by atoms with van der Waals surface area (Å²) in [6, 6.07) is -0.579. The van der Waals surface area contributed by atoms with Gasteiger partial charge < -0.3 is 10.1 Å². The molecule has 1 fully saturated rings. The molecule has 1 aliphatic carbocycles. The highest BCUT2D eigenvalue weighted by molar-refractivity contribution is 5.85. The second-order valence-corrected chi connectivity index (χ2v) is 6.28. The van der Waals surface area contributed by atoms with Crippen LogP contribution in [0.3, 0.4) is 0 Å². The number of rotatable bonds is 3. The molecule has 1 aliphatic rings. The van der Waals surface area contributed by atoms with Gasteiger partial charge in [0.25, 0.3) is 0 Å². The third kappa shape index (κ3) is 4.31. The van der Waals surface area contributed by atoms with Gasteiger partial charge in [-0.2, -0.15) is 0 Å². The van der Waals surface area contributed by atoms with Gasteiger partial charge in [-0.3, -0.25) is 4.79 Å². The highest BCUT2D eigenvalue weighted by Crippen LogP contribution is 2.31. The predicted molar refractivity (Wildman–Crippen MR) is 70.0 cm³/mol. The van der Waals surface area contributed by atoms with E-state index in [1.807, 2.05) is 20.8 Å². The van der Waals surface area contributed by atoms with Gasteiger partial charge in [-0.15, -0.1) is 0 Å². The van der Waals surface area contributed by atoms with Gasteiger partial charge >= 0.3 is 5.97 Å². The molecule has 18 heavy (non-hydrogen) atoms. The maximum atomic E-state index is 12.0. The van der Waals surface area contributed by atoms with Gasteiger partial charge in [0.15, 0.2) is 0 Å². The van der Waals surface area contributed by atoms with Crippen molar-refractivity contribution in [3.8, 4) is 0 Å². The second-order valence-electron chi connectivity index (χ2n) is 6.28. The van der Waals surface area contributed by atoms with Crippen LogP contribution in [0.5, 0.6) is 0 Å². The van der Waals surface area contributed by atoms with Crippen molar-refractivity contribution < 1.29 is 14.3 Å². The summed E-state index contributed by atoms with van der Waals surface area (Å²) in [5.41, 5.74) is -0.517. The summed E-state index contributed by atoms with van der Waals surface area (Å²) < 4.78 is 5.24. The lowest BCUT2D eigenvalue weighted by atomic mass is 9.97. The largest absolute Gasteiger partial charge is 0.458 e. The number of nitrogens with one attached hydrogen (secondary N) is 1. The van der Waals surface area contributed by atoms with Crippen molar-refractivity contribution in [3.63, 3.8) is 0 Å². The maximum Gasteiger partial charge on any atom is 0.328 e. The van der Waals surface area contributed by atoms with E-state index in [4.69, 9.17) is 4.74 Å². The van der Waals surface area contributed by atoms with Crippen molar-refractivity contribution in [2.75, 3.05) is 0 Å². The van der Waals surface area contributed by atoms with E-state index in [0.717, 1.165) is 19.3 Å². The number of esters is 1. The minimum absolute atomic E-state index is 0.0154. The SMILES string of the molecule is CC1CCCC1C(=O)N[C@@H](C)C(=O)OC(C)(C)C. The van der Waals surface area contributed by atoms with Crippen LogP contribution in [-0.4, -0.2) is 23.5 Å². The monoisotopic (exact) mass is 255 g/mol. The Kier molecular flexibility index (Phi) is 4.77. The summed E-state index contributed by atoms with van der Waals surface area (Å²) in [6.07, 6.45) is 3.12. The lowest BCUT2D eigenvalue weighted by Gasteiger charge is -2.24. The number of hydrogen-bond acceptors (Lipinski definition) is 3. The normalized spacial score (nSPS) is 25.6. The quantitative estimate of drug-likeness (QED) is 0.787. The van der Waals surface area contributed by atoms with Crippen LogP contribution in [-0.2, 0) is 14.3 Å². The van der Waals surface area contributed by atoms with Crippen LogP contribution < -0.4 is 5.32 Å². The van der Waals surface area contributed by atoms with E-state index < -0.39 is 11.6 Å². The van der Waals surface area contributed by atoms with Gasteiger partial charge in [0.2, 0.25) is 5.91 Å². The first kappa shape index (κ1) is 15.0. The summed E-state index contributed by atoms with van der Waals surface area (Å²) >= 11 is 0. The van der Waals surface area contributed by atoms with E-state index in [9.17, 15) is 9.59 Å². The van der Waals surface area contributed by atoms with Crippen LogP contribution in [0.25, 0.3) is 0 Å². The molecule has 1 saturated carbocycles. The Labute approximate surface area is 109 Å². The molecule has 3 atom stereocenters. The van der Waals surface area contributed by atoms with Gasteiger partial charge in [-0.25, -0.2) is 4.79 Å². The fourth-order valence-electron chi connectivity index (χ4n) is 2.30. The first-order valence-electron chi connectivity index (χ1n) is 6.74. The van der Waals surface area contributed by atoms with E-state index in [1.54, 1.807) is 6.92 Å². The molecule has 2 unspecified atom stereocenters. The van der Waals surface area contributed by atoms with Gasteiger partial charge in [0.1, 0.15) is 11.6 Å². The minimum atomic E-state index is -0.579. The van der Waals surface area contributed by atoms with Crippen LogP contribution in [0.4, 0.5) is 0 Å². The molecular formula is C14H25NO3. The third-order valence-corrected chi connectivity index (χ3v) is 3.32. The van der Waals surface area contributed by atoms with Crippen molar-refractivity contribution in [2.24, 2.45) is 11.8 Å². The van der Waals surface area contributed by atoms with Crippen LogP contribution in [0.15, 0.2) is 0 Å². The zero-order valence-corrected chi connectivity index (χ0v) is 12.1. The fourth-order valence-corrected chi connectivity index (χ4v) is 2.30. The highest BCUT2D eigenvalue weighted by atomic mass is 16.6. The molecule has 0 aromatic heterocycles. The average Bonchev–Trinajstić information content (AvgIpc) is 2.61. The average molecular weight is 255 g/mol. The molecule has 1 N–H and O–H groups in total. The van der Waals surface area contributed by atoms with E-state index >= 15 is 0 Å². The van der Waals surface area contributed by atoms with Crippen LogP contribution in [0.2, 0.25) is 0 Å². The Bertz CT molecular complexity index is 319. The first-order chi connectivity index (χ1) is 8.20. The molecule has 1 rings (SSSR count). The Balaban J connectivity index is 2.46. The fraction of sp³-hybridized carbons (Fsp3) is 0.857. The maximum absolute atomic E-state index is 12.0. The standard InChI is InChI=1S/C14H25NO3/c1-9-7-6-8-11(9)12(16)15-10(2)13(17)18-14(3,4)5/h9-11H,6-8H2,1-5H3,(H,15,16)/t9?,10-,11?/m0/s1. The molecule has 0 bridgehead atoms. The number of carbonyl (C=O) groups excluding carboxylic acids is 2. The van der Waals surface area contributed by atoms with Crippen LogP contribution >= 0.6 is 0 Å². The molecule has 4 heteroatoms. The van der Waals surface area contributed by atoms with E-state index in [0.29, 0.717) is 5.92 Å². The van der Waals surface area contributed by atoms with Crippen molar-refractivity contribution in [3.05, 3.63) is 0 Å². The number of carbonyl (C=O) groups is 2. The van der Waals surface area contributed by atoms with E-state index in [2.05, 4.69) is 12.2 Å². The van der Waals surface area contributed by atoms with Crippen molar-refractivity contribution in [1.29, 1.82) is 0 Å². The number of amides is 1. The van der Waals surface area contributed by atoms with Gasteiger partial charge in [-0.1, -0.05) is 13.3 Å². The molecule has 0 saturated heterocycles. The first-order valence-corrected chi connectivity index (χ1v) is 6.74. The summed E-state index contributed by atoms with van der Waals surface area (Å²) in [4.78, 5) is 23.8.